The number of nitrogens with zero attached hydrogens (tertiary/aromatic N) is 1. The number of benzene rings is 1. The van der Waals surface area contributed by atoms with Gasteiger partial charge >= 0.3 is 0 Å². The molecular weight excluding hydrogens is 316 g/mol. The van der Waals surface area contributed by atoms with E-state index in [0.29, 0.717) is 13.0 Å². The predicted octanol–water partition coefficient (Wildman–Crippen LogP) is 0.697. The second-order valence-corrected chi connectivity index (χ2v) is 7.06. The Morgan fingerprint density at radius 1 is 1.24 bits per heavy atom. The Morgan fingerprint density at radius 2 is 1.88 bits per heavy atom. The largest absolute Gasteiger partial charge is 0.379 e. The first-order chi connectivity index (χ1) is 12.0. The van der Waals surface area contributed by atoms with Gasteiger partial charge < -0.3 is 21.0 Å². The van der Waals surface area contributed by atoms with Crippen LogP contribution in [0.15, 0.2) is 24.3 Å². The van der Waals surface area contributed by atoms with Crippen molar-refractivity contribution in [3.63, 3.8) is 0 Å². The number of ether oxygens (including phenoxy) is 1. The van der Waals surface area contributed by atoms with Gasteiger partial charge in [0, 0.05) is 44.2 Å². The Labute approximate surface area is 150 Å². The Hall–Kier alpha value is -1.62. The fraction of sp³-hybridized carbons (Fsp3) is 0.579. The number of hydroxylamine groups is 1. The third-order valence-corrected chi connectivity index (χ3v) is 4.35. The molecule has 6 heteroatoms. The van der Waals surface area contributed by atoms with E-state index in [4.69, 9.17) is 15.7 Å². The highest BCUT2D eigenvalue weighted by Crippen LogP contribution is 2.09. The average molecular weight is 346 g/mol. The molecule has 6 nitrogen and oxygen atoms in total. The number of nitrogens with two attached hydrogens (primary N) is 1. The summed E-state index contributed by atoms with van der Waals surface area (Å²) < 4.78 is 5.38. The van der Waals surface area contributed by atoms with E-state index in [1.807, 2.05) is 13.8 Å². The topological polar surface area (TPSA) is 82.8 Å². The summed E-state index contributed by atoms with van der Waals surface area (Å²) in [5.74, 6) is 3.11. The van der Waals surface area contributed by atoms with Crippen molar-refractivity contribution in [1.82, 2.24) is 15.7 Å². The van der Waals surface area contributed by atoms with Crippen LogP contribution >= 0.6 is 0 Å². The molecule has 0 spiro atoms. The van der Waals surface area contributed by atoms with Crippen LogP contribution in [0, 0.1) is 12.0 Å². The van der Waals surface area contributed by atoms with Gasteiger partial charge in [0.1, 0.15) is 0 Å². The standard InChI is InChI=1S/C19H30N4O2/c1-19(2,20)18(14-22-24)21-9-3-4-16-5-7-17(8-6-16)15-23-10-12-25-13-11-23/h5-8,18,21-22,24H,4,10-15,20H2,1-2H3. The van der Waals surface area contributed by atoms with Crippen molar-refractivity contribution in [3.05, 3.63) is 35.4 Å². The van der Waals surface area contributed by atoms with Crippen LogP contribution in [0.2, 0.25) is 0 Å². The zero-order valence-electron chi connectivity index (χ0n) is 15.2. The second kappa shape index (κ2) is 9.76. The van der Waals surface area contributed by atoms with Crippen molar-refractivity contribution in [2.75, 3.05) is 32.8 Å². The minimum atomic E-state index is -0.481. The molecular formula is C19H30N4O2. The lowest BCUT2D eigenvalue weighted by Crippen LogP contribution is -2.55. The molecule has 0 aliphatic carbocycles. The second-order valence-electron chi connectivity index (χ2n) is 7.06. The zero-order valence-corrected chi connectivity index (χ0v) is 15.2. The highest BCUT2D eigenvalue weighted by atomic mass is 16.5. The zero-order chi connectivity index (χ0) is 18.1. The molecule has 1 aliphatic heterocycles. The van der Waals surface area contributed by atoms with Crippen LogP contribution in [0.5, 0.6) is 0 Å². The maximum atomic E-state index is 8.87. The third kappa shape index (κ3) is 7.02. The third-order valence-electron chi connectivity index (χ3n) is 4.35. The van der Waals surface area contributed by atoms with Crippen molar-refractivity contribution < 1.29 is 9.94 Å². The average Bonchev–Trinajstić information content (AvgIpc) is 2.59. The van der Waals surface area contributed by atoms with E-state index in [2.05, 4.69) is 51.9 Å². The van der Waals surface area contributed by atoms with Crippen molar-refractivity contribution in [2.45, 2.75) is 38.4 Å². The van der Waals surface area contributed by atoms with Gasteiger partial charge in [-0.15, -0.1) is 0 Å². The molecule has 1 unspecified atom stereocenters. The molecule has 1 heterocycles. The number of nitrogens with one attached hydrogen (secondary N) is 2. The van der Waals surface area contributed by atoms with Crippen molar-refractivity contribution >= 4 is 0 Å². The molecule has 2 rings (SSSR count). The lowest BCUT2D eigenvalue weighted by molar-refractivity contribution is 0.0342. The number of hydrogen-bond acceptors (Lipinski definition) is 6. The fourth-order valence-corrected chi connectivity index (χ4v) is 2.66. The first-order valence-electron chi connectivity index (χ1n) is 8.76. The Kier molecular flexibility index (Phi) is 7.69. The fourth-order valence-electron chi connectivity index (χ4n) is 2.66. The van der Waals surface area contributed by atoms with E-state index < -0.39 is 5.54 Å². The summed E-state index contributed by atoms with van der Waals surface area (Å²) in [4.78, 5) is 2.41. The van der Waals surface area contributed by atoms with Crippen LogP contribution in [0.3, 0.4) is 0 Å². The molecule has 138 valence electrons. The van der Waals surface area contributed by atoms with Crippen LogP contribution in [0.4, 0.5) is 0 Å². The van der Waals surface area contributed by atoms with Crippen LogP contribution in [-0.2, 0) is 17.7 Å². The molecule has 5 N–H and O–H groups in total. The SMILES string of the molecule is CC(C)(N)C(CNO)NC#CCc1ccc(CN2CCOCC2)cc1. The van der Waals surface area contributed by atoms with E-state index in [1.54, 1.807) is 0 Å². The Bertz CT molecular complexity index is 566. The molecule has 0 radical (unpaired) electrons. The molecule has 0 amide bonds. The summed E-state index contributed by atoms with van der Waals surface area (Å²) in [6.07, 6.45) is 0.676. The predicted molar refractivity (Wildman–Crippen MR) is 99.0 cm³/mol. The molecule has 25 heavy (non-hydrogen) atoms. The van der Waals surface area contributed by atoms with E-state index in [9.17, 15) is 0 Å². The van der Waals surface area contributed by atoms with Gasteiger partial charge in [0.25, 0.3) is 0 Å². The van der Waals surface area contributed by atoms with Gasteiger partial charge in [-0.2, -0.15) is 0 Å². The minimum absolute atomic E-state index is 0.138. The molecule has 1 aromatic carbocycles. The summed E-state index contributed by atoms with van der Waals surface area (Å²) in [5.41, 5.74) is 10.2. The monoisotopic (exact) mass is 346 g/mol. The molecule has 0 bridgehead atoms. The lowest BCUT2D eigenvalue weighted by Gasteiger charge is -2.29. The number of hydrogen-bond donors (Lipinski definition) is 4. The van der Waals surface area contributed by atoms with Gasteiger partial charge in [-0.1, -0.05) is 30.2 Å². The van der Waals surface area contributed by atoms with Gasteiger partial charge in [0.2, 0.25) is 0 Å². The normalized spacial score (nSPS) is 16.8. The van der Waals surface area contributed by atoms with Crippen molar-refractivity contribution in [1.29, 1.82) is 0 Å². The van der Waals surface area contributed by atoms with E-state index in [0.717, 1.165) is 32.8 Å². The maximum Gasteiger partial charge on any atom is 0.0662 e. The summed E-state index contributed by atoms with van der Waals surface area (Å²) in [7, 11) is 0. The molecule has 1 fully saturated rings. The molecule has 1 saturated heterocycles. The van der Waals surface area contributed by atoms with Crippen LogP contribution in [0.1, 0.15) is 25.0 Å². The first-order valence-corrected chi connectivity index (χ1v) is 8.76. The summed E-state index contributed by atoms with van der Waals surface area (Å²) in [5, 5.41) is 11.9. The number of rotatable bonds is 7. The summed E-state index contributed by atoms with van der Waals surface area (Å²) in [6.45, 7) is 8.76. The Balaban J connectivity index is 1.81. The summed E-state index contributed by atoms with van der Waals surface area (Å²) in [6, 6.07) is 11.4. The molecule has 0 aromatic heterocycles. The van der Waals surface area contributed by atoms with Gasteiger partial charge in [0.15, 0.2) is 0 Å². The maximum absolute atomic E-state index is 8.87. The van der Waals surface area contributed by atoms with E-state index >= 15 is 0 Å². The van der Waals surface area contributed by atoms with Crippen LogP contribution < -0.4 is 16.5 Å². The van der Waals surface area contributed by atoms with Gasteiger partial charge in [-0.3, -0.25) is 4.90 Å². The molecule has 0 saturated carbocycles. The van der Waals surface area contributed by atoms with Gasteiger partial charge in [-0.05, 0) is 25.0 Å². The number of morpholine rings is 1. The van der Waals surface area contributed by atoms with Crippen molar-refractivity contribution in [3.8, 4) is 12.0 Å². The molecule has 1 atom stereocenters. The van der Waals surface area contributed by atoms with E-state index in [-0.39, 0.29) is 6.04 Å². The van der Waals surface area contributed by atoms with Crippen LogP contribution in [0.25, 0.3) is 0 Å². The van der Waals surface area contributed by atoms with Gasteiger partial charge in [0.05, 0.1) is 19.3 Å². The quantitative estimate of drug-likeness (QED) is 0.330. The Morgan fingerprint density at radius 3 is 2.48 bits per heavy atom. The van der Waals surface area contributed by atoms with Gasteiger partial charge in [-0.25, -0.2) is 5.48 Å². The van der Waals surface area contributed by atoms with Crippen LogP contribution in [-0.4, -0.2) is 54.5 Å². The van der Waals surface area contributed by atoms with E-state index in [1.165, 1.54) is 11.1 Å². The smallest absolute Gasteiger partial charge is 0.0662 e. The minimum Gasteiger partial charge on any atom is -0.379 e. The molecule has 1 aliphatic rings. The van der Waals surface area contributed by atoms with Crippen molar-refractivity contribution in [2.24, 2.45) is 5.73 Å². The summed E-state index contributed by atoms with van der Waals surface area (Å²) >= 11 is 0. The first kappa shape index (κ1) is 19.7. The highest BCUT2D eigenvalue weighted by Gasteiger charge is 2.23. The highest BCUT2D eigenvalue weighted by molar-refractivity contribution is 5.26. The lowest BCUT2D eigenvalue weighted by atomic mass is 9.96. The molecule has 1 aromatic rings.